The smallest absolute Gasteiger partial charge is 0.319 e. The van der Waals surface area contributed by atoms with E-state index in [2.05, 4.69) is 10.2 Å². The van der Waals surface area contributed by atoms with Crippen molar-refractivity contribution in [1.82, 2.24) is 15.1 Å². The van der Waals surface area contributed by atoms with E-state index in [9.17, 15) is 14.7 Å². The number of hydrogen-bond donors (Lipinski definition) is 2. The predicted molar refractivity (Wildman–Crippen MR) is 91.0 cm³/mol. The predicted octanol–water partition coefficient (Wildman–Crippen LogP) is 2.30. The Morgan fingerprint density at radius 2 is 2.12 bits per heavy atom. The summed E-state index contributed by atoms with van der Waals surface area (Å²) in [7, 11) is 3.23. The highest BCUT2D eigenvalue weighted by Gasteiger charge is 2.52. The number of carboxylic acid groups (broad SMARTS) is 1. The number of aromatic nitrogens is 2. The number of benzene rings is 1. The molecule has 0 bridgehead atoms. The molecule has 0 aliphatic heterocycles. The van der Waals surface area contributed by atoms with Gasteiger partial charge < -0.3 is 14.7 Å². The van der Waals surface area contributed by atoms with Crippen LogP contribution in [0.2, 0.25) is 0 Å². The van der Waals surface area contributed by atoms with Crippen molar-refractivity contribution in [2.75, 3.05) is 14.2 Å². The molecule has 2 aromatic rings. The normalized spacial score (nSPS) is 15.3. The average molecular weight is 343 g/mol. The number of carbonyl (C=O) groups is 2. The summed E-state index contributed by atoms with van der Waals surface area (Å²) >= 11 is 0. The number of nitrogens with one attached hydrogen (secondary N) is 1. The van der Waals surface area contributed by atoms with Crippen LogP contribution in [0.15, 0.2) is 30.3 Å². The maximum atomic E-state index is 12.5. The first-order chi connectivity index (χ1) is 12.0. The SMILES string of the molecule is COc1cccc(-c2cc(CN(C)C(=O)C3(C(=O)O)CCC3)[nH]n2)c1. The molecule has 0 saturated heterocycles. The number of carboxylic acids is 1. The Morgan fingerprint density at radius 3 is 2.72 bits per heavy atom. The molecule has 132 valence electrons. The van der Waals surface area contributed by atoms with E-state index in [1.807, 2.05) is 30.3 Å². The number of ether oxygens (including phenoxy) is 1. The van der Waals surface area contributed by atoms with E-state index in [1.165, 1.54) is 4.90 Å². The molecule has 0 atom stereocenters. The summed E-state index contributed by atoms with van der Waals surface area (Å²) in [6.07, 6.45) is 1.59. The van der Waals surface area contributed by atoms with Gasteiger partial charge in [-0.05, 0) is 31.0 Å². The Hall–Kier alpha value is -2.83. The number of aromatic amines is 1. The molecule has 25 heavy (non-hydrogen) atoms. The number of aliphatic carboxylic acids is 1. The third kappa shape index (κ3) is 3.09. The van der Waals surface area contributed by atoms with E-state index < -0.39 is 11.4 Å². The lowest BCUT2D eigenvalue weighted by Gasteiger charge is -2.38. The van der Waals surface area contributed by atoms with Crippen LogP contribution in [0.5, 0.6) is 5.75 Å². The van der Waals surface area contributed by atoms with Crippen LogP contribution < -0.4 is 4.74 Å². The second kappa shape index (κ2) is 6.58. The Bertz CT molecular complexity index is 795. The molecule has 1 saturated carbocycles. The maximum Gasteiger partial charge on any atom is 0.319 e. The number of amides is 1. The van der Waals surface area contributed by atoms with E-state index in [1.54, 1.807) is 14.2 Å². The van der Waals surface area contributed by atoms with Crippen molar-refractivity contribution in [3.05, 3.63) is 36.0 Å². The van der Waals surface area contributed by atoms with Crippen LogP contribution >= 0.6 is 0 Å². The minimum absolute atomic E-state index is 0.283. The lowest BCUT2D eigenvalue weighted by molar-refractivity contribution is -0.167. The van der Waals surface area contributed by atoms with E-state index >= 15 is 0 Å². The van der Waals surface area contributed by atoms with Gasteiger partial charge in [0, 0.05) is 12.6 Å². The molecule has 1 aliphatic rings. The average Bonchev–Trinajstić information content (AvgIpc) is 3.02. The molecule has 1 aliphatic carbocycles. The molecule has 2 N–H and O–H groups in total. The van der Waals surface area contributed by atoms with Gasteiger partial charge in [0.25, 0.3) is 0 Å². The van der Waals surface area contributed by atoms with Gasteiger partial charge in [-0.2, -0.15) is 5.10 Å². The molecule has 1 amide bonds. The fourth-order valence-electron chi connectivity index (χ4n) is 3.12. The van der Waals surface area contributed by atoms with Gasteiger partial charge in [-0.25, -0.2) is 0 Å². The van der Waals surface area contributed by atoms with Crippen LogP contribution in [0, 0.1) is 5.41 Å². The fourth-order valence-corrected chi connectivity index (χ4v) is 3.12. The van der Waals surface area contributed by atoms with Crippen molar-refractivity contribution in [2.45, 2.75) is 25.8 Å². The molecule has 7 nitrogen and oxygen atoms in total. The fraction of sp³-hybridized carbons (Fsp3) is 0.389. The van der Waals surface area contributed by atoms with Crippen LogP contribution in [0.1, 0.15) is 25.0 Å². The third-order valence-electron chi connectivity index (χ3n) is 4.78. The number of hydrogen-bond acceptors (Lipinski definition) is 4. The monoisotopic (exact) mass is 343 g/mol. The molecule has 0 radical (unpaired) electrons. The van der Waals surface area contributed by atoms with Crippen molar-refractivity contribution in [3.63, 3.8) is 0 Å². The van der Waals surface area contributed by atoms with Gasteiger partial charge in [-0.3, -0.25) is 14.7 Å². The standard InChI is InChI=1S/C18H21N3O4/c1-21(16(22)18(17(23)24)7-4-8-18)11-13-10-15(20-19-13)12-5-3-6-14(9-12)25-2/h3,5-6,9-10H,4,7-8,11H2,1-2H3,(H,19,20)(H,23,24). The molecule has 0 unspecified atom stereocenters. The van der Waals surface area contributed by atoms with E-state index in [0.717, 1.165) is 29.1 Å². The Morgan fingerprint density at radius 1 is 1.36 bits per heavy atom. The van der Waals surface area contributed by atoms with Gasteiger partial charge >= 0.3 is 5.97 Å². The highest BCUT2D eigenvalue weighted by atomic mass is 16.5. The minimum atomic E-state index is -1.25. The third-order valence-corrected chi connectivity index (χ3v) is 4.78. The zero-order chi connectivity index (χ0) is 18.0. The van der Waals surface area contributed by atoms with Gasteiger partial charge in [-0.15, -0.1) is 0 Å². The van der Waals surface area contributed by atoms with E-state index in [0.29, 0.717) is 12.8 Å². The Balaban J connectivity index is 1.72. The van der Waals surface area contributed by atoms with Crippen LogP contribution in [0.25, 0.3) is 11.3 Å². The van der Waals surface area contributed by atoms with Crippen molar-refractivity contribution in [2.24, 2.45) is 5.41 Å². The summed E-state index contributed by atoms with van der Waals surface area (Å²) in [5.41, 5.74) is 1.14. The summed E-state index contributed by atoms with van der Waals surface area (Å²) in [6.45, 7) is 0.283. The quantitative estimate of drug-likeness (QED) is 0.785. The van der Waals surface area contributed by atoms with Crippen molar-refractivity contribution >= 4 is 11.9 Å². The van der Waals surface area contributed by atoms with Gasteiger partial charge in [0.15, 0.2) is 0 Å². The zero-order valence-corrected chi connectivity index (χ0v) is 14.3. The maximum absolute atomic E-state index is 12.5. The molecule has 0 spiro atoms. The zero-order valence-electron chi connectivity index (χ0n) is 14.3. The van der Waals surface area contributed by atoms with Gasteiger partial charge in [0.05, 0.1) is 25.0 Å². The van der Waals surface area contributed by atoms with Crippen molar-refractivity contribution in [1.29, 1.82) is 0 Å². The van der Waals surface area contributed by atoms with Gasteiger partial charge in [0.1, 0.15) is 11.2 Å². The Labute approximate surface area is 145 Å². The van der Waals surface area contributed by atoms with Crippen LogP contribution in [-0.2, 0) is 16.1 Å². The highest BCUT2D eigenvalue weighted by molar-refractivity contribution is 6.02. The largest absolute Gasteiger partial charge is 0.497 e. The summed E-state index contributed by atoms with van der Waals surface area (Å²) in [5, 5.41) is 16.6. The van der Waals surface area contributed by atoms with Crippen molar-refractivity contribution < 1.29 is 19.4 Å². The first-order valence-corrected chi connectivity index (χ1v) is 8.14. The van der Waals surface area contributed by atoms with Crippen molar-refractivity contribution in [3.8, 4) is 17.0 Å². The van der Waals surface area contributed by atoms with E-state index in [-0.39, 0.29) is 12.5 Å². The molecule has 3 rings (SSSR count). The molecule has 1 heterocycles. The minimum Gasteiger partial charge on any atom is -0.497 e. The first-order valence-electron chi connectivity index (χ1n) is 8.14. The Kier molecular flexibility index (Phi) is 4.48. The van der Waals surface area contributed by atoms with Gasteiger partial charge in [0.2, 0.25) is 5.91 Å². The lowest BCUT2D eigenvalue weighted by Crippen LogP contribution is -2.51. The second-order valence-corrected chi connectivity index (χ2v) is 6.41. The summed E-state index contributed by atoms with van der Waals surface area (Å²) in [4.78, 5) is 25.5. The number of rotatable bonds is 6. The molecule has 7 heteroatoms. The topological polar surface area (TPSA) is 95.5 Å². The van der Waals surface area contributed by atoms with Gasteiger partial charge in [-0.1, -0.05) is 18.6 Å². The molecule has 1 aromatic heterocycles. The number of methoxy groups -OCH3 is 1. The number of carbonyl (C=O) groups excluding carboxylic acids is 1. The van der Waals surface area contributed by atoms with E-state index in [4.69, 9.17) is 4.74 Å². The summed E-state index contributed by atoms with van der Waals surface area (Å²) < 4.78 is 5.21. The number of H-pyrrole nitrogens is 1. The summed E-state index contributed by atoms with van der Waals surface area (Å²) in [6, 6.07) is 9.39. The molecule has 1 fully saturated rings. The van der Waals surface area contributed by atoms with Crippen LogP contribution in [-0.4, -0.2) is 46.2 Å². The first kappa shape index (κ1) is 17.0. The number of nitrogens with zero attached hydrogens (tertiary/aromatic N) is 2. The summed E-state index contributed by atoms with van der Waals surface area (Å²) in [5.74, 6) is -0.635. The van der Waals surface area contributed by atoms with Crippen LogP contribution in [0.3, 0.4) is 0 Å². The lowest BCUT2D eigenvalue weighted by atomic mass is 9.68. The highest BCUT2D eigenvalue weighted by Crippen LogP contribution is 2.42. The second-order valence-electron chi connectivity index (χ2n) is 6.41. The molecular weight excluding hydrogens is 322 g/mol. The van der Waals surface area contributed by atoms with Crippen LogP contribution in [0.4, 0.5) is 0 Å². The molecular formula is C18H21N3O4. The molecule has 1 aromatic carbocycles.